The molecule has 0 saturated carbocycles. The second-order valence-corrected chi connectivity index (χ2v) is 4.28. The summed E-state index contributed by atoms with van der Waals surface area (Å²) in [4.78, 5) is 13.7. The summed E-state index contributed by atoms with van der Waals surface area (Å²) in [7, 11) is 1.90. The Bertz CT molecular complexity index is 387. The summed E-state index contributed by atoms with van der Waals surface area (Å²) in [5.74, 6) is 1.05. The molecule has 0 aliphatic carbocycles. The van der Waals surface area contributed by atoms with Crippen molar-refractivity contribution in [3.05, 3.63) is 12.2 Å². The van der Waals surface area contributed by atoms with Crippen LogP contribution in [0.3, 0.4) is 0 Å². The molecule has 0 atom stereocenters. The quantitative estimate of drug-likeness (QED) is 0.692. The highest BCUT2D eigenvalue weighted by molar-refractivity contribution is 5.76. The fourth-order valence-electron chi connectivity index (χ4n) is 1.83. The molecule has 1 aliphatic heterocycles. The summed E-state index contributed by atoms with van der Waals surface area (Å²) >= 11 is 0. The minimum Gasteiger partial charge on any atom is -0.378 e. The molecule has 1 fully saturated rings. The average molecular weight is 253 g/mol. The van der Waals surface area contributed by atoms with Crippen LogP contribution in [0.1, 0.15) is 12.2 Å². The number of nitrogens with zero attached hydrogens (tertiary/aromatic N) is 4. The number of ether oxygens (including phenoxy) is 1. The van der Waals surface area contributed by atoms with Crippen LogP contribution < -0.4 is 5.32 Å². The largest absolute Gasteiger partial charge is 0.378 e. The van der Waals surface area contributed by atoms with Crippen molar-refractivity contribution in [1.82, 2.24) is 25.0 Å². The second kappa shape index (κ2) is 6.46. The molecule has 100 valence electrons. The van der Waals surface area contributed by atoms with Crippen molar-refractivity contribution < 1.29 is 9.53 Å². The molecule has 0 bridgehead atoms. The van der Waals surface area contributed by atoms with E-state index in [1.165, 1.54) is 0 Å². The molecule has 0 unspecified atom stereocenters. The number of rotatable bonds is 5. The molecule has 1 aromatic rings. The maximum Gasteiger partial charge on any atom is 0.224 e. The first-order chi connectivity index (χ1) is 8.77. The molecule has 7 heteroatoms. The molecule has 2 heterocycles. The summed E-state index contributed by atoms with van der Waals surface area (Å²) in [6.07, 6.45) is 2.17. The fraction of sp³-hybridized carbons (Fsp3) is 0.727. The van der Waals surface area contributed by atoms with Gasteiger partial charge in [-0.1, -0.05) is 0 Å². The molecule has 1 aliphatic rings. The summed E-state index contributed by atoms with van der Waals surface area (Å²) < 4.78 is 7.07. The van der Waals surface area contributed by atoms with Gasteiger partial charge in [0.2, 0.25) is 5.91 Å². The van der Waals surface area contributed by atoms with E-state index < -0.39 is 0 Å². The first-order valence-corrected chi connectivity index (χ1v) is 6.16. The van der Waals surface area contributed by atoms with Gasteiger partial charge in [-0.2, -0.15) is 0 Å². The Kier molecular flexibility index (Phi) is 4.66. The van der Waals surface area contributed by atoms with Crippen LogP contribution in [0.4, 0.5) is 0 Å². The Morgan fingerprint density at radius 3 is 2.94 bits per heavy atom. The third kappa shape index (κ3) is 3.51. The van der Waals surface area contributed by atoms with Gasteiger partial charge < -0.3 is 19.5 Å². The molecular weight excluding hydrogens is 234 g/mol. The van der Waals surface area contributed by atoms with E-state index >= 15 is 0 Å². The number of amides is 1. The van der Waals surface area contributed by atoms with Crippen LogP contribution in [0.15, 0.2) is 6.33 Å². The summed E-state index contributed by atoms with van der Waals surface area (Å²) in [6, 6.07) is 0. The minimum absolute atomic E-state index is 0.184. The third-order valence-corrected chi connectivity index (χ3v) is 2.97. The van der Waals surface area contributed by atoms with Gasteiger partial charge in [0.05, 0.1) is 19.8 Å². The van der Waals surface area contributed by atoms with Gasteiger partial charge in [0.25, 0.3) is 0 Å². The number of aromatic nitrogens is 3. The van der Waals surface area contributed by atoms with E-state index in [9.17, 15) is 4.79 Å². The zero-order valence-electron chi connectivity index (χ0n) is 10.6. The van der Waals surface area contributed by atoms with Crippen molar-refractivity contribution in [2.75, 3.05) is 32.8 Å². The van der Waals surface area contributed by atoms with Gasteiger partial charge in [-0.15, -0.1) is 10.2 Å². The van der Waals surface area contributed by atoms with Gasteiger partial charge in [0.1, 0.15) is 12.2 Å². The van der Waals surface area contributed by atoms with Crippen LogP contribution in [0.2, 0.25) is 0 Å². The Morgan fingerprint density at radius 1 is 1.50 bits per heavy atom. The number of aryl methyl sites for hydroxylation is 1. The third-order valence-electron chi connectivity index (χ3n) is 2.97. The molecule has 2 rings (SSSR count). The Labute approximate surface area is 106 Å². The predicted molar refractivity (Wildman–Crippen MR) is 64.7 cm³/mol. The Hall–Kier alpha value is -1.47. The zero-order valence-corrected chi connectivity index (χ0v) is 10.6. The van der Waals surface area contributed by atoms with Gasteiger partial charge in [0, 0.05) is 33.1 Å². The van der Waals surface area contributed by atoms with E-state index in [4.69, 9.17) is 4.74 Å². The molecule has 18 heavy (non-hydrogen) atoms. The van der Waals surface area contributed by atoms with Crippen molar-refractivity contribution >= 4 is 5.91 Å². The monoisotopic (exact) mass is 253 g/mol. The first-order valence-electron chi connectivity index (χ1n) is 6.16. The lowest BCUT2D eigenvalue weighted by molar-refractivity contribution is -0.135. The lowest BCUT2D eigenvalue weighted by Gasteiger charge is -2.26. The van der Waals surface area contributed by atoms with Crippen molar-refractivity contribution in [2.45, 2.75) is 13.0 Å². The van der Waals surface area contributed by atoms with Crippen LogP contribution in [-0.2, 0) is 23.1 Å². The van der Waals surface area contributed by atoms with E-state index in [2.05, 4.69) is 15.5 Å². The van der Waals surface area contributed by atoms with Crippen molar-refractivity contribution in [1.29, 1.82) is 0 Å². The van der Waals surface area contributed by atoms with Gasteiger partial charge in [-0.25, -0.2) is 0 Å². The fourth-order valence-corrected chi connectivity index (χ4v) is 1.83. The maximum atomic E-state index is 11.8. The Morgan fingerprint density at radius 2 is 2.28 bits per heavy atom. The van der Waals surface area contributed by atoms with Crippen LogP contribution in [0, 0.1) is 0 Å². The molecule has 1 aromatic heterocycles. The van der Waals surface area contributed by atoms with E-state index in [0.717, 1.165) is 5.82 Å². The number of carbonyl (C=O) groups excluding carboxylic acids is 1. The van der Waals surface area contributed by atoms with E-state index in [-0.39, 0.29) is 5.91 Å². The smallest absolute Gasteiger partial charge is 0.224 e. The molecule has 1 N–H and O–H groups in total. The van der Waals surface area contributed by atoms with Crippen molar-refractivity contribution in [3.63, 3.8) is 0 Å². The Balaban J connectivity index is 1.63. The highest BCUT2D eigenvalue weighted by atomic mass is 16.5. The molecular formula is C11H19N5O2. The topological polar surface area (TPSA) is 72.3 Å². The number of carbonyl (C=O) groups is 1. The number of nitrogens with one attached hydrogen (secondary N) is 1. The van der Waals surface area contributed by atoms with Gasteiger partial charge in [0.15, 0.2) is 0 Å². The van der Waals surface area contributed by atoms with Crippen molar-refractivity contribution in [2.24, 2.45) is 7.05 Å². The second-order valence-electron chi connectivity index (χ2n) is 4.28. The molecule has 0 aromatic carbocycles. The lowest BCUT2D eigenvalue weighted by atomic mass is 10.3. The molecule has 1 saturated heterocycles. The average Bonchev–Trinajstić information content (AvgIpc) is 2.81. The molecule has 7 nitrogen and oxygen atoms in total. The van der Waals surface area contributed by atoms with Crippen molar-refractivity contribution in [3.8, 4) is 0 Å². The first kappa shape index (κ1) is 13.0. The number of morpholine rings is 1. The normalized spacial score (nSPS) is 15.9. The molecule has 0 radical (unpaired) electrons. The van der Waals surface area contributed by atoms with Crippen LogP contribution >= 0.6 is 0 Å². The molecule has 1 amide bonds. The predicted octanol–water partition coefficient (Wildman–Crippen LogP) is -0.846. The molecule has 0 spiro atoms. The van der Waals surface area contributed by atoms with E-state index in [0.29, 0.717) is 45.8 Å². The van der Waals surface area contributed by atoms with Gasteiger partial charge in [-0.3, -0.25) is 4.79 Å². The van der Waals surface area contributed by atoms with Crippen LogP contribution in [0.25, 0.3) is 0 Å². The number of hydrogen-bond acceptors (Lipinski definition) is 5. The SMILES string of the molecule is Cn1cnnc1CNCCC(=O)N1CCOCC1. The highest BCUT2D eigenvalue weighted by Crippen LogP contribution is 1.99. The van der Waals surface area contributed by atoms with Gasteiger partial charge >= 0.3 is 0 Å². The zero-order chi connectivity index (χ0) is 12.8. The highest BCUT2D eigenvalue weighted by Gasteiger charge is 2.15. The summed E-state index contributed by atoms with van der Waals surface area (Å²) in [5, 5.41) is 11.0. The van der Waals surface area contributed by atoms with Crippen LogP contribution in [0.5, 0.6) is 0 Å². The van der Waals surface area contributed by atoms with Crippen LogP contribution in [-0.4, -0.2) is 58.4 Å². The standard InChI is InChI=1S/C11H19N5O2/c1-15-9-13-14-10(15)8-12-3-2-11(17)16-4-6-18-7-5-16/h9,12H,2-8H2,1H3. The maximum absolute atomic E-state index is 11.8. The van der Waals surface area contributed by atoms with Gasteiger partial charge in [-0.05, 0) is 0 Å². The minimum atomic E-state index is 0.184. The summed E-state index contributed by atoms with van der Waals surface area (Å²) in [6.45, 7) is 4.01. The number of hydrogen-bond donors (Lipinski definition) is 1. The van der Waals surface area contributed by atoms with E-state index in [1.54, 1.807) is 6.33 Å². The summed E-state index contributed by atoms with van der Waals surface area (Å²) in [5.41, 5.74) is 0. The van der Waals surface area contributed by atoms with E-state index in [1.807, 2.05) is 16.5 Å². The lowest BCUT2D eigenvalue weighted by Crippen LogP contribution is -2.41.